The smallest absolute Gasteiger partial charge is 0.266 e. The van der Waals surface area contributed by atoms with Crippen LogP contribution in [-0.4, -0.2) is 33.4 Å². The molecule has 0 radical (unpaired) electrons. The number of nitrogens with zero attached hydrogens (tertiary/aromatic N) is 5. The number of amides is 1. The number of aliphatic imine (C=N–C) groups is 1. The summed E-state index contributed by atoms with van der Waals surface area (Å²) >= 11 is 0. The third kappa shape index (κ3) is 2.67. The van der Waals surface area contributed by atoms with Crippen LogP contribution >= 0.6 is 0 Å². The molecule has 1 unspecified atom stereocenters. The molecule has 2 aromatic heterocycles. The quantitative estimate of drug-likeness (QED) is 0.695. The van der Waals surface area contributed by atoms with Crippen molar-refractivity contribution in [2.24, 2.45) is 17.8 Å². The molecule has 0 saturated carbocycles. The molecule has 144 valence electrons. The van der Waals surface area contributed by atoms with E-state index in [0.29, 0.717) is 27.9 Å². The minimum atomic E-state index is -1.46. The van der Waals surface area contributed by atoms with Crippen LogP contribution in [0.4, 0.5) is 4.39 Å². The van der Waals surface area contributed by atoms with Crippen molar-refractivity contribution in [1.29, 1.82) is 5.26 Å². The molecule has 1 atom stereocenters. The van der Waals surface area contributed by atoms with Gasteiger partial charge in [-0.3, -0.25) is 9.69 Å². The number of aromatic nitrogens is 2. The molecule has 1 aromatic carbocycles. The van der Waals surface area contributed by atoms with Crippen LogP contribution in [-0.2, 0) is 17.4 Å². The maximum atomic E-state index is 14.2. The number of halogens is 1. The van der Waals surface area contributed by atoms with Crippen molar-refractivity contribution < 1.29 is 9.18 Å². The number of carbonyl (C=O) groups excluding carboxylic acids is 1. The summed E-state index contributed by atoms with van der Waals surface area (Å²) in [5, 5.41) is 9.35. The second-order valence-corrected chi connectivity index (χ2v) is 6.80. The number of nitriles is 1. The zero-order chi connectivity index (χ0) is 20.8. The predicted molar refractivity (Wildman–Crippen MR) is 105 cm³/mol. The van der Waals surface area contributed by atoms with Gasteiger partial charge in [0.15, 0.2) is 11.5 Å². The van der Waals surface area contributed by atoms with Gasteiger partial charge in [0.25, 0.3) is 5.91 Å². The van der Waals surface area contributed by atoms with E-state index in [1.807, 2.05) is 0 Å². The van der Waals surface area contributed by atoms with Gasteiger partial charge in [0.1, 0.15) is 11.8 Å². The summed E-state index contributed by atoms with van der Waals surface area (Å²) in [7, 11) is 3.26. The standard InChI is InChI=1S/C21H17FN6O/c1-27-12-15(10-16(27)11-23)21(19(29)28(2)20(24)26-21)14-6-3-5-13(9-14)17-7-4-8-25-18(17)22/h3-10,12H,1-2H3,(H2,24,26). The zero-order valence-corrected chi connectivity index (χ0v) is 15.8. The van der Waals surface area contributed by atoms with Gasteiger partial charge in [0.2, 0.25) is 5.95 Å². The molecule has 1 amide bonds. The second-order valence-electron chi connectivity index (χ2n) is 6.80. The first kappa shape index (κ1) is 18.4. The summed E-state index contributed by atoms with van der Waals surface area (Å²) in [6.07, 6.45) is 3.06. The Morgan fingerprint density at radius 3 is 2.59 bits per heavy atom. The van der Waals surface area contributed by atoms with E-state index >= 15 is 0 Å². The first-order chi connectivity index (χ1) is 13.9. The lowest BCUT2D eigenvalue weighted by Crippen LogP contribution is -2.41. The molecule has 1 aliphatic heterocycles. The summed E-state index contributed by atoms with van der Waals surface area (Å²) in [6, 6.07) is 13.9. The summed E-state index contributed by atoms with van der Waals surface area (Å²) in [6.45, 7) is 0. The van der Waals surface area contributed by atoms with Gasteiger partial charge in [0, 0.05) is 37.6 Å². The highest BCUT2D eigenvalue weighted by Crippen LogP contribution is 2.41. The SMILES string of the molecule is CN1C(=O)C(c2cccc(-c3cccnc3F)c2)(c2cc(C#N)n(C)c2)N=C1N. The molecule has 2 N–H and O–H groups in total. The molecule has 29 heavy (non-hydrogen) atoms. The Morgan fingerprint density at radius 2 is 1.97 bits per heavy atom. The molecule has 4 rings (SSSR count). The van der Waals surface area contributed by atoms with Crippen LogP contribution in [0.1, 0.15) is 16.8 Å². The number of likely N-dealkylation sites (N-methyl/N-ethyl adjacent to an activating group) is 1. The van der Waals surface area contributed by atoms with Gasteiger partial charge in [-0.2, -0.15) is 9.65 Å². The fourth-order valence-electron chi connectivity index (χ4n) is 3.57. The predicted octanol–water partition coefficient (Wildman–Crippen LogP) is 2.13. The monoisotopic (exact) mass is 388 g/mol. The van der Waals surface area contributed by atoms with Crippen molar-refractivity contribution in [3.63, 3.8) is 0 Å². The molecular formula is C21H17FN6O. The van der Waals surface area contributed by atoms with E-state index < -0.39 is 11.5 Å². The number of carbonyl (C=O) groups is 1. The maximum absolute atomic E-state index is 14.2. The number of aryl methyl sites for hydroxylation is 1. The average Bonchev–Trinajstić information content (AvgIpc) is 3.21. The molecule has 0 fully saturated rings. The van der Waals surface area contributed by atoms with Crippen molar-refractivity contribution in [3.05, 3.63) is 77.6 Å². The lowest BCUT2D eigenvalue weighted by atomic mass is 9.83. The molecule has 7 nitrogen and oxygen atoms in total. The van der Waals surface area contributed by atoms with Crippen LogP contribution in [0, 0.1) is 17.3 Å². The Labute approximate surface area is 166 Å². The van der Waals surface area contributed by atoms with Crippen LogP contribution in [0.2, 0.25) is 0 Å². The van der Waals surface area contributed by atoms with Crippen molar-refractivity contribution in [3.8, 4) is 17.2 Å². The highest BCUT2D eigenvalue weighted by Gasteiger charge is 2.50. The van der Waals surface area contributed by atoms with E-state index in [4.69, 9.17) is 5.73 Å². The molecule has 0 aliphatic carbocycles. The van der Waals surface area contributed by atoms with E-state index in [0.717, 1.165) is 0 Å². The van der Waals surface area contributed by atoms with Gasteiger partial charge in [0.05, 0.1) is 0 Å². The molecular weight excluding hydrogens is 371 g/mol. The second kappa shape index (κ2) is 6.56. The summed E-state index contributed by atoms with van der Waals surface area (Å²) in [5.41, 5.74) is 6.80. The van der Waals surface area contributed by atoms with Gasteiger partial charge in [-0.1, -0.05) is 18.2 Å². The van der Waals surface area contributed by atoms with Gasteiger partial charge in [-0.25, -0.2) is 9.98 Å². The lowest BCUT2D eigenvalue weighted by Gasteiger charge is -2.25. The third-order valence-electron chi connectivity index (χ3n) is 5.13. The minimum Gasteiger partial charge on any atom is -0.369 e. The van der Waals surface area contributed by atoms with Crippen molar-refractivity contribution in [1.82, 2.24) is 14.5 Å². The number of hydrogen-bond donors (Lipinski definition) is 1. The molecule has 8 heteroatoms. The summed E-state index contributed by atoms with van der Waals surface area (Å²) in [5.74, 6) is -0.896. The highest BCUT2D eigenvalue weighted by atomic mass is 19.1. The fourth-order valence-corrected chi connectivity index (χ4v) is 3.57. The first-order valence-electron chi connectivity index (χ1n) is 8.80. The van der Waals surface area contributed by atoms with E-state index in [9.17, 15) is 14.4 Å². The Balaban J connectivity index is 1.97. The van der Waals surface area contributed by atoms with Crippen LogP contribution in [0.15, 0.2) is 59.9 Å². The van der Waals surface area contributed by atoms with Crippen molar-refractivity contribution >= 4 is 11.9 Å². The number of guanidine groups is 1. The molecule has 0 bridgehead atoms. The lowest BCUT2D eigenvalue weighted by molar-refractivity contribution is -0.129. The van der Waals surface area contributed by atoms with Crippen LogP contribution in [0.5, 0.6) is 0 Å². The number of pyridine rings is 1. The van der Waals surface area contributed by atoms with E-state index in [2.05, 4.69) is 16.0 Å². The Bertz CT molecular complexity index is 1210. The summed E-state index contributed by atoms with van der Waals surface area (Å²) in [4.78, 5) is 22.8. The maximum Gasteiger partial charge on any atom is 0.266 e. The molecule has 3 aromatic rings. The Hall–Kier alpha value is -3.99. The average molecular weight is 388 g/mol. The highest BCUT2D eigenvalue weighted by molar-refractivity contribution is 6.09. The Kier molecular flexibility index (Phi) is 4.16. The normalized spacial score (nSPS) is 18.6. The Morgan fingerprint density at radius 1 is 1.17 bits per heavy atom. The van der Waals surface area contributed by atoms with Gasteiger partial charge in [-0.15, -0.1) is 0 Å². The topological polar surface area (TPSA) is 100 Å². The zero-order valence-electron chi connectivity index (χ0n) is 15.8. The van der Waals surface area contributed by atoms with Crippen molar-refractivity contribution in [2.75, 3.05) is 7.05 Å². The van der Waals surface area contributed by atoms with E-state index in [-0.39, 0.29) is 11.9 Å². The number of rotatable bonds is 3. The van der Waals surface area contributed by atoms with Crippen LogP contribution < -0.4 is 5.73 Å². The van der Waals surface area contributed by atoms with Gasteiger partial charge < -0.3 is 10.3 Å². The number of hydrogen-bond acceptors (Lipinski definition) is 5. The van der Waals surface area contributed by atoms with Crippen molar-refractivity contribution in [2.45, 2.75) is 5.54 Å². The van der Waals surface area contributed by atoms with E-state index in [1.165, 1.54) is 11.1 Å². The third-order valence-corrected chi connectivity index (χ3v) is 5.13. The molecule has 1 aliphatic rings. The molecule has 3 heterocycles. The van der Waals surface area contributed by atoms with Crippen LogP contribution in [0.3, 0.4) is 0 Å². The largest absolute Gasteiger partial charge is 0.369 e. The minimum absolute atomic E-state index is 0.0651. The first-order valence-corrected chi connectivity index (χ1v) is 8.80. The number of nitrogens with two attached hydrogens (primary N) is 1. The molecule has 0 spiro atoms. The van der Waals surface area contributed by atoms with Crippen LogP contribution in [0.25, 0.3) is 11.1 Å². The molecule has 0 saturated heterocycles. The fraction of sp³-hybridized carbons (Fsp3) is 0.143. The number of benzene rings is 1. The van der Waals surface area contributed by atoms with E-state index in [1.54, 1.807) is 67.3 Å². The van der Waals surface area contributed by atoms with Gasteiger partial charge in [-0.05, 0) is 35.4 Å². The van der Waals surface area contributed by atoms with Gasteiger partial charge >= 0.3 is 0 Å². The summed E-state index contributed by atoms with van der Waals surface area (Å²) < 4.78 is 15.9.